The molecule has 1 atom stereocenters. The fourth-order valence-electron chi connectivity index (χ4n) is 2.11. The van der Waals surface area contributed by atoms with Crippen LogP contribution in [0, 0.1) is 0 Å². The van der Waals surface area contributed by atoms with E-state index in [1.165, 1.54) is 0 Å². The number of nitrogens with zero attached hydrogens (tertiary/aromatic N) is 1. The molecule has 10 nitrogen and oxygen atoms in total. The zero-order chi connectivity index (χ0) is 21.9. The summed E-state index contributed by atoms with van der Waals surface area (Å²) in [7, 11) is 0. The molecule has 10 heteroatoms. The van der Waals surface area contributed by atoms with Crippen LogP contribution in [0.1, 0.15) is 39.2 Å². The number of benzene rings is 1. The van der Waals surface area contributed by atoms with Crippen molar-refractivity contribution in [3.8, 4) is 0 Å². The minimum Gasteiger partial charge on any atom is -0.480 e. The van der Waals surface area contributed by atoms with E-state index in [2.05, 4.69) is 15.6 Å². The van der Waals surface area contributed by atoms with Gasteiger partial charge in [-0.1, -0.05) is 30.3 Å². The van der Waals surface area contributed by atoms with Crippen LogP contribution in [-0.2, 0) is 20.9 Å². The van der Waals surface area contributed by atoms with Crippen molar-refractivity contribution in [1.82, 2.24) is 10.6 Å². The number of hydrogen-bond acceptors (Lipinski definition) is 6. The van der Waals surface area contributed by atoms with Crippen LogP contribution in [0.2, 0.25) is 0 Å². The third-order valence-corrected chi connectivity index (χ3v) is 3.37. The number of aliphatic carboxylic acids is 1. The third-order valence-electron chi connectivity index (χ3n) is 3.37. The minimum atomic E-state index is -1.18. The summed E-state index contributed by atoms with van der Waals surface area (Å²) < 4.78 is 10.0. The second-order valence-electron chi connectivity index (χ2n) is 7.13. The smallest absolute Gasteiger partial charge is 0.414 e. The standard InChI is InChI=1S/C19H28N4O6/c1-19(2,3)29-18(27)22-14(15(24)25)10-7-11-21-16(20)23-17(26)28-12-13-8-5-4-6-9-13/h4-6,8-9,14H,7,10-12H2,1-3H3,(H,22,27)(H,24,25)(H3,20,21,23,26)/t14-/m0/s1. The number of carbonyl (C=O) groups excluding carboxylic acids is 2. The average Bonchev–Trinajstić information content (AvgIpc) is 2.61. The maximum Gasteiger partial charge on any atom is 0.414 e. The van der Waals surface area contributed by atoms with Crippen molar-refractivity contribution in [1.29, 1.82) is 0 Å². The van der Waals surface area contributed by atoms with E-state index in [0.29, 0.717) is 6.42 Å². The van der Waals surface area contributed by atoms with Gasteiger partial charge in [-0.3, -0.25) is 10.3 Å². The molecule has 0 unspecified atom stereocenters. The molecular formula is C19H28N4O6. The van der Waals surface area contributed by atoms with Crippen molar-refractivity contribution in [3.05, 3.63) is 35.9 Å². The fourth-order valence-corrected chi connectivity index (χ4v) is 2.11. The normalized spacial score (nSPS) is 12.6. The van der Waals surface area contributed by atoms with Crippen molar-refractivity contribution >= 4 is 24.1 Å². The fraction of sp³-hybridized carbons (Fsp3) is 0.474. The van der Waals surface area contributed by atoms with Gasteiger partial charge in [0.1, 0.15) is 18.2 Å². The van der Waals surface area contributed by atoms with Crippen LogP contribution in [0.5, 0.6) is 0 Å². The van der Waals surface area contributed by atoms with E-state index in [1.54, 1.807) is 20.8 Å². The Morgan fingerprint density at radius 1 is 1.17 bits per heavy atom. The summed E-state index contributed by atoms with van der Waals surface area (Å²) in [6.45, 7) is 5.29. The van der Waals surface area contributed by atoms with Gasteiger partial charge in [0, 0.05) is 6.54 Å². The van der Waals surface area contributed by atoms with E-state index in [9.17, 15) is 19.5 Å². The van der Waals surface area contributed by atoms with Crippen molar-refractivity contribution in [2.45, 2.75) is 51.9 Å². The van der Waals surface area contributed by atoms with Gasteiger partial charge < -0.3 is 25.6 Å². The van der Waals surface area contributed by atoms with Crippen LogP contribution in [0.3, 0.4) is 0 Å². The number of carboxylic acids is 1. The highest BCUT2D eigenvalue weighted by molar-refractivity contribution is 5.92. The second-order valence-corrected chi connectivity index (χ2v) is 7.13. The molecule has 0 aliphatic rings. The van der Waals surface area contributed by atoms with E-state index in [0.717, 1.165) is 5.56 Å². The number of guanidine groups is 1. The number of nitrogens with one attached hydrogen (secondary N) is 2. The summed E-state index contributed by atoms with van der Waals surface area (Å²) in [6.07, 6.45) is -1.13. The SMILES string of the molecule is CC(C)(C)OC(=O)N[C@@H](CCCN=C(N)NC(=O)OCc1ccccc1)C(=O)O. The van der Waals surface area contributed by atoms with Gasteiger partial charge in [0.05, 0.1) is 0 Å². The minimum absolute atomic E-state index is 0.0938. The Hall–Kier alpha value is -3.30. The van der Waals surface area contributed by atoms with Crippen LogP contribution in [0.4, 0.5) is 9.59 Å². The molecule has 1 rings (SSSR count). The lowest BCUT2D eigenvalue weighted by Gasteiger charge is -2.21. The van der Waals surface area contributed by atoms with E-state index in [-0.39, 0.29) is 25.5 Å². The largest absolute Gasteiger partial charge is 0.480 e. The average molecular weight is 408 g/mol. The lowest BCUT2D eigenvalue weighted by atomic mass is 10.1. The summed E-state index contributed by atoms with van der Waals surface area (Å²) in [6, 6.07) is 8.02. The van der Waals surface area contributed by atoms with Crippen LogP contribution < -0.4 is 16.4 Å². The van der Waals surface area contributed by atoms with Gasteiger partial charge >= 0.3 is 18.2 Å². The second kappa shape index (κ2) is 11.5. The van der Waals surface area contributed by atoms with Gasteiger partial charge in [-0.25, -0.2) is 14.4 Å². The molecule has 0 fully saturated rings. The molecule has 0 aliphatic carbocycles. The Bertz CT molecular complexity index is 715. The molecule has 0 aromatic heterocycles. The molecule has 5 N–H and O–H groups in total. The van der Waals surface area contributed by atoms with Gasteiger partial charge in [-0.05, 0) is 39.2 Å². The number of amides is 2. The summed E-state index contributed by atoms with van der Waals surface area (Å²) in [5, 5.41) is 13.8. The van der Waals surface area contributed by atoms with Crippen LogP contribution >= 0.6 is 0 Å². The zero-order valence-electron chi connectivity index (χ0n) is 16.8. The first kappa shape index (κ1) is 23.7. The van der Waals surface area contributed by atoms with E-state index in [4.69, 9.17) is 15.2 Å². The molecule has 0 heterocycles. The highest BCUT2D eigenvalue weighted by Crippen LogP contribution is 2.08. The summed E-state index contributed by atoms with van der Waals surface area (Å²) in [4.78, 5) is 38.5. The molecule has 0 spiro atoms. The molecule has 0 saturated heterocycles. The Labute approximate surface area is 169 Å². The molecule has 0 aliphatic heterocycles. The Morgan fingerprint density at radius 3 is 2.41 bits per heavy atom. The molecule has 29 heavy (non-hydrogen) atoms. The molecule has 2 amide bonds. The first-order valence-electron chi connectivity index (χ1n) is 9.07. The summed E-state index contributed by atoms with van der Waals surface area (Å²) in [5.74, 6) is -1.33. The number of nitrogens with two attached hydrogens (primary N) is 1. The van der Waals surface area contributed by atoms with Crippen molar-refractivity contribution < 1.29 is 29.0 Å². The van der Waals surface area contributed by atoms with Crippen molar-refractivity contribution in [3.63, 3.8) is 0 Å². The van der Waals surface area contributed by atoms with Gasteiger partial charge in [-0.15, -0.1) is 0 Å². The highest BCUT2D eigenvalue weighted by atomic mass is 16.6. The maximum absolute atomic E-state index is 11.7. The number of carboxylic acid groups (broad SMARTS) is 1. The quantitative estimate of drug-likeness (QED) is 0.291. The maximum atomic E-state index is 11.7. The van der Waals surface area contributed by atoms with E-state index in [1.807, 2.05) is 30.3 Å². The van der Waals surface area contributed by atoms with Crippen molar-refractivity contribution in [2.75, 3.05) is 6.54 Å². The zero-order valence-corrected chi connectivity index (χ0v) is 16.8. The predicted octanol–water partition coefficient (Wildman–Crippen LogP) is 1.99. The number of carbonyl (C=O) groups is 3. The predicted molar refractivity (Wildman–Crippen MR) is 106 cm³/mol. The number of aliphatic imine (C=N–C) groups is 1. The van der Waals surface area contributed by atoms with Crippen LogP contribution in [0.25, 0.3) is 0 Å². The molecule has 160 valence electrons. The molecule has 0 radical (unpaired) electrons. The van der Waals surface area contributed by atoms with Gasteiger partial charge in [0.15, 0.2) is 5.96 Å². The topological polar surface area (TPSA) is 152 Å². The number of hydrogen-bond donors (Lipinski definition) is 4. The molecule has 1 aromatic rings. The lowest BCUT2D eigenvalue weighted by molar-refractivity contribution is -0.139. The Morgan fingerprint density at radius 2 is 1.83 bits per heavy atom. The highest BCUT2D eigenvalue weighted by Gasteiger charge is 2.23. The molecule has 1 aromatic carbocycles. The van der Waals surface area contributed by atoms with Gasteiger partial charge in [0.25, 0.3) is 0 Å². The third kappa shape index (κ3) is 11.2. The Kier molecular flexibility index (Phi) is 9.43. The van der Waals surface area contributed by atoms with Crippen molar-refractivity contribution in [2.24, 2.45) is 10.7 Å². The Balaban J connectivity index is 2.34. The van der Waals surface area contributed by atoms with Crippen LogP contribution in [0.15, 0.2) is 35.3 Å². The lowest BCUT2D eigenvalue weighted by Crippen LogP contribution is -2.43. The number of ether oxygens (including phenoxy) is 2. The van der Waals surface area contributed by atoms with Crippen LogP contribution in [-0.4, -0.2) is 47.4 Å². The van der Waals surface area contributed by atoms with E-state index < -0.39 is 29.8 Å². The summed E-state index contributed by atoms with van der Waals surface area (Å²) >= 11 is 0. The number of alkyl carbamates (subject to hydrolysis) is 2. The monoisotopic (exact) mass is 408 g/mol. The first-order valence-corrected chi connectivity index (χ1v) is 9.07. The first-order chi connectivity index (χ1) is 13.6. The van der Waals surface area contributed by atoms with Gasteiger partial charge in [0.2, 0.25) is 0 Å². The number of rotatable bonds is 8. The summed E-state index contributed by atoms with van der Waals surface area (Å²) in [5.41, 5.74) is 5.70. The molecule has 0 bridgehead atoms. The van der Waals surface area contributed by atoms with E-state index >= 15 is 0 Å². The van der Waals surface area contributed by atoms with Gasteiger partial charge in [-0.2, -0.15) is 0 Å². The molecule has 0 saturated carbocycles. The molecular weight excluding hydrogens is 380 g/mol.